The Labute approximate surface area is 222 Å². The van der Waals surface area contributed by atoms with E-state index in [1.165, 1.54) is 6.07 Å². The minimum absolute atomic E-state index is 0.000102. The van der Waals surface area contributed by atoms with E-state index in [1.807, 2.05) is 13.8 Å². The van der Waals surface area contributed by atoms with Gasteiger partial charge in [0, 0.05) is 6.42 Å². The molecular weight excluding hydrogens is 484 g/mol. The van der Waals surface area contributed by atoms with Gasteiger partial charge in [-0.25, -0.2) is 9.59 Å². The van der Waals surface area contributed by atoms with Crippen LogP contribution < -0.4 is 4.74 Å². The molecule has 0 aromatic heterocycles. The third-order valence-corrected chi connectivity index (χ3v) is 6.12. The van der Waals surface area contributed by atoms with Crippen molar-refractivity contribution in [2.24, 2.45) is 5.92 Å². The van der Waals surface area contributed by atoms with Gasteiger partial charge < -0.3 is 19.7 Å². The van der Waals surface area contributed by atoms with E-state index in [-0.39, 0.29) is 48.9 Å². The van der Waals surface area contributed by atoms with Gasteiger partial charge in [0.1, 0.15) is 18.5 Å². The molecule has 0 spiro atoms. The van der Waals surface area contributed by atoms with Crippen LogP contribution in [0.3, 0.4) is 0 Å². The number of carboxylic acids is 1. The molecule has 0 radical (unpaired) electrons. The Kier molecular flexibility index (Phi) is 9.96. The molecule has 0 bridgehead atoms. The van der Waals surface area contributed by atoms with Crippen LogP contribution in [0.25, 0.3) is 11.1 Å². The van der Waals surface area contributed by atoms with Gasteiger partial charge >= 0.3 is 11.9 Å². The summed E-state index contributed by atoms with van der Waals surface area (Å²) in [6.07, 6.45) is -0.444. The fourth-order valence-corrected chi connectivity index (χ4v) is 4.00. The van der Waals surface area contributed by atoms with Crippen molar-refractivity contribution in [2.75, 3.05) is 13.2 Å². The van der Waals surface area contributed by atoms with E-state index < -0.39 is 18.0 Å². The molecule has 0 fully saturated rings. The highest BCUT2D eigenvalue weighted by Crippen LogP contribution is 2.32. The summed E-state index contributed by atoms with van der Waals surface area (Å²) in [5, 5.41) is 18.8. The fourth-order valence-electron chi connectivity index (χ4n) is 4.00. The highest BCUT2D eigenvalue weighted by molar-refractivity contribution is 6.02. The van der Waals surface area contributed by atoms with Crippen molar-refractivity contribution in [1.82, 2.24) is 0 Å². The molecule has 7 nitrogen and oxygen atoms in total. The summed E-state index contributed by atoms with van der Waals surface area (Å²) in [4.78, 5) is 38.0. The number of esters is 1. The quantitative estimate of drug-likeness (QED) is 0.216. The molecule has 3 aromatic carbocycles. The normalized spacial score (nSPS) is 11.6. The molecule has 0 unspecified atom stereocenters. The van der Waals surface area contributed by atoms with Crippen molar-refractivity contribution in [3.05, 3.63) is 102 Å². The molecule has 3 aromatic rings. The summed E-state index contributed by atoms with van der Waals surface area (Å²) in [6, 6.07) is 20.1. The smallest absolute Gasteiger partial charge is 0.339 e. The second kappa shape index (κ2) is 13.4. The lowest BCUT2D eigenvalue weighted by atomic mass is 9.94. The van der Waals surface area contributed by atoms with Crippen LogP contribution in [0, 0.1) is 5.92 Å². The number of aromatic carboxylic acids is 1. The van der Waals surface area contributed by atoms with Gasteiger partial charge in [0.2, 0.25) is 0 Å². The van der Waals surface area contributed by atoms with E-state index in [4.69, 9.17) is 14.6 Å². The average molecular weight is 517 g/mol. The summed E-state index contributed by atoms with van der Waals surface area (Å²) in [5.41, 5.74) is 2.23. The number of ketones is 1. The number of carboxylic acid groups (broad SMARTS) is 1. The maximum Gasteiger partial charge on any atom is 0.339 e. The van der Waals surface area contributed by atoms with E-state index in [0.717, 1.165) is 0 Å². The molecule has 38 heavy (non-hydrogen) atoms. The monoisotopic (exact) mass is 516 g/mol. The van der Waals surface area contributed by atoms with Gasteiger partial charge in [-0.3, -0.25) is 4.79 Å². The van der Waals surface area contributed by atoms with Gasteiger partial charge in [-0.2, -0.15) is 0 Å². The van der Waals surface area contributed by atoms with Gasteiger partial charge in [-0.1, -0.05) is 69.0 Å². The van der Waals surface area contributed by atoms with Crippen molar-refractivity contribution in [3.8, 4) is 16.9 Å². The van der Waals surface area contributed by atoms with Crippen LogP contribution in [-0.2, 0) is 9.53 Å². The number of benzene rings is 3. The zero-order chi connectivity index (χ0) is 27.7. The molecule has 0 saturated carbocycles. The number of hydrogen-bond acceptors (Lipinski definition) is 6. The third-order valence-electron chi connectivity index (χ3n) is 6.12. The highest BCUT2D eigenvalue weighted by atomic mass is 16.5. The van der Waals surface area contributed by atoms with Crippen LogP contribution >= 0.6 is 0 Å². The molecule has 0 aliphatic heterocycles. The Morgan fingerprint density at radius 1 is 0.895 bits per heavy atom. The SMILES string of the molecule is C=C(C(=O)CC[C@H](OC(=O)c1ccccc1-c1ccccc1C(=O)O)c1cccc(OCCO)c1)C(C)C. The maximum atomic E-state index is 13.5. The summed E-state index contributed by atoms with van der Waals surface area (Å²) in [7, 11) is 0. The molecule has 0 aliphatic carbocycles. The van der Waals surface area contributed by atoms with Gasteiger partial charge in [-0.15, -0.1) is 0 Å². The zero-order valence-corrected chi connectivity index (χ0v) is 21.6. The number of Topliss-reactive ketones (excluding diaryl/α,β-unsaturated/α-hetero) is 1. The topological polar surface area (TPSA) is 110 Å². The van der Waals surface area contributed by atoms with E-state index in [0.29, 0.717) is 28.0 Å². The first-order chi connectivity index (χ1) is 18.2. The fraction of sp³-hybridized carbons (Fsp3) is 0.258. The Bertz CT molecular complexity index is 1310. The molecule has 198 valence electrons. The largest absolute Gasteiger partial charge is 0.491 e. The number of aliphatic hydroxyl groups is 1. The van der Waals surface area contributed by atoms with E-state index in [2.05, 4.69) is 6.58 Å². The standard InChI is InChI=1S/C31H32O7/c1-20(2)21(3)28(33)15-16-29(22-9-8-10-23(19-22)37-18-17-32)38-31(36)27-14-7-5-12-25(27)24-11-4-6-13-26(24)30(34)35/h4-14,19-20,29,32H,3,15-18H2,1-2H3,(H,34,35)/t29-/m0/s1. The summed E-state index contributed by atoms with van der Waals surface area (Å²) < 4.78 is 11.5. The van der Waals surface area contributed by atoms with Crippen molar-refractivity contribution < 1.29 is 34.1 Å². The Balaban J connectivity index is 1.95. The number of aliphatic hydroxyl groups excluding tert-OH is 1. The van der Waals surface area contributed by atoms with E-state index in [9.17, 15) is 19.5 Å². The molecule has 0 saturated heterocycles. The van der Waals surface area contributed by atoms with Crippen molar-refractivity contribution in [2.45, 2.75) is 32.8 Å². The lowest BCUT2D eigenvalue weighted by molar-refractivity contribution is -0.116. The van der Waals surface area contributed by atoms with E-state index >= 15 is 0 Å². The first-order valence-corrected chi connectivity index (χ1v) is 12.4. The predicted octanol–water partition coefficient (Wildman–Crippen LogP) is 5.88. The lowest BCUT2D eigenvalue weighted by Crippen LogP contribution is -2.16. The average Bonchev–Trinajstić information content (AvgIpc) is 2.93. The van der Waals surface area contributed by atoms with Crippen molar-refractivity contribution in [1.29, 1.82) is 0 Å². The third kappa shape index (κ3) is 7.17. The van der Waals surface area contributed by atoms with Gasteiger partial charge in [-0.05, 0) is 58.9 Å². The first kappa shape index (κ1) is 28.3. The van der Waals surface area contributed by atoms with Crippen LogP contribution in [-0.4, -0.2) is 41.1 Å². The van der Waals surface area contributed by atoms with Crippen LogP contribution in [0.4, 0.5) is 0 Å². The first-order valence-electron chi connectivity index (χ1n) is 12.4. The highest BCUT2D eigenvalue weighted by Gasteiger charge is 2.24. The molecule has 7 heteroatoms. The predicted molar refractivity (Wildman–Crippen MR) is 144 cm³/mol. The second-order valence-corrected chi connectivity index (χ2v) is 9.08. The Morgan fingerprint density at radius 3 is 2.16 bits per heavy atom. The number of rotatable bonds is 13. The van der Waals surface area contributed by atoms with Gasteiger partial charge in [0.15, 0.2) is 5.78 Å². The number of carbonyl (C=O) groups excluding carboxylic acids is 2. The molecule has 1 atom stereocenters. The van der Waals surface area contributed by atoms with Crippen LogP contribution in [0.5, 0.6) is 5.75 Å². The molecule has 0 amide bonds. The minimum Gasteiger partial charge on any atom is -0.491 e. The molecule has 0 aliphatic rings. The lowest BCUT2D eigenvalue weighted by Gasteiger charge is -2.21. The van der Waals surface area contributed by atoms with Crippen LogP contribution in [0.2, 0.25) is 0 Å². The number of allylic oxidation sites excluding steroid dienone is 1. The van der Waals surface area contributed by atoms with Crippen molar-refractivity contribution >= 4 is 17.7 Å². The molecule has 2 N–H and O–H groups in total. The minimum atomic E-state index is -1.11. The molecule has 0 heterocycles. The van der Waals surface area contributed by atoms with E-state index in [1.54, 1.807) is 66.7 Å². The number of ether oxygens (including phenoxy) is 2. The van der Waals surface area contributed by atoms with Gasteiger partial charge in [0.05, 0.1) is 17.7 Å². The summed E-state index contributed by atoms with van der Waals surface area (Å²) >= 11 is 0. The molecule has 3 rings (SSSR count). The maximum absolute atomic E-state index is 13.5. The Hall–Kier alpha value is -4.23. The van der Waals surface area contributed by atoms with Crippen molar-refractivity contribution in [3.63, 3.8) is 0 Å². The number of carbonyl (C=O) groups is 3. The second-order valence-electron chi connectivity index (χ2n) is 9.08. The Morgan fingerprint density at radius 2 is 1.53 bits per heavy atom. The summed E-state index contributed by atoms with van der Waals surface area (Å²) in [5.74, 6) is -1.37. The van der Waals surface area contributed by atoms with Crippen LogP contribution in [0.15, 0.2) is 84.9 Å². The van der Waals surface area contributed by atoms with Gasteiger partial charge in [0.25, 0.3) is 0 Å². The number of hydrogen-bond donors (Lipinski definition) is 2. The zero-order valence-electron chi connectivity index (χ0n) is 21.6. The summed E-state index contributed by atoms with van der Waals surface area (Å²) in [6.45, 7) is 7.63. The molecular formula is C31H32O7. The van der Waals surface area contributed by atoms with Crippen LogP contribution in [0.1, 0.15) is 59.1 Å².